The fraction of sp³-hybridized carbons (Fsp3) is 0.250. The number of hydrogen-bond donors (Lipinski definition) is 0. The molecule has 5 nitrogen and oxygen atoms in total. The van der Waals surface area contributed by atoms with Crippen LogP contribution in [0.1, 0.15) is 16.2 Å². The van der Waals surface area contributed by atoms with Crippen LogP contribution in [0, 0.1) is 3.57 Å². The Balaban J connectivity index is 2.15. The SMILES string of the molecule is CN(Cc1ncnn1C)C(=O)c1ccccc1I. The fourth-order valence-electron chi connectivity index (χ4n) is 1.59. The summed E-state index contributed by atoms with van der Waals surface area (Å²) in [5.41, 5.74) is 0.711. The molecule has 0 atom stereocenters. The van der Waals surface area contributed by atoms with Crippen LogP contribution in [-0.2, 0) is 13.6 Å². The Morgan fingerprint density at radius 1 is 1.44 bits per heavy atom. The number of aromatic nitrogens is 3. The maximum atomic E-state index is 12.3. The highest BCUT2D eigenvalue weighted by Crippen LogP contribution is 2.14. The normalized spacial score (nSPS) is 10.4. The molecule has 0 saturated heterocycles. The summed E-state index contributed by atoms with van der Waals surface area (Å²) in [6.07, 6.45) is 1.49. The van der Waals surface area contributed by atoms with Gasteiger partial charge in [0.05, 0.1) is 12.1 Å². The molecule has 0 aliphatic rings. The Labute approximate surface area is 119 Å². The molecule has 0 saturated carbocycles. The molecule has 0 aliphatic carbocycles. The van der Waals surface area contributed by atoms with E-state index in [9.17, 15) is 4.79 Å². The van der Waals surface area contributed by atoms with Gasteiger partial charge in [-0.05, 0) is 34.7 Å². The second kappa shape index (κ2) is 5.47. The Bertz CT molecular complexity index is 567. The molecular weight excluding hydrogens is 343 g/mol. The second-order valence-electron chi connectivity index (χ2n) is 3.94. The Morgan fingerprint density at radius 2 is 2.17 bits per heavy atom. The van der Waals surface area contributed by atoms with Gasteiger partial charge in [-0.15, -0.1) is 0 Å². The van der Waals surface area contributed by atoms with E-state index in [4.69, 9.17) is 0 Å². The summed E-state index contributed by atoms with van der Waals surface area (Å²) in [6, 6.07) is 7.54. The van der Waals surface area contributed by atoms with Crippen LogP contribution in [0.5, 0.6) is 0 Å². The third-order valence-corrected chi connectivity index (χ3v) is 3.58. The van der Waals surface area contributed by atoms with Gasteiger partial charge < -0.3 is 4.90 Å². The summed E-state index contributed by atoms with van der Waals surface area (Å²) in [7, 11) is 3.58. The third-order valence-electron chi connectivity index (χ3n) is 2.63. The molecule has 1 aromatic heterocycles. The molecule has 0 bridgehead atoms. The minimum atomic E-state index is -0.0111. The summed E-state index contributed by atoms with van der Waals surface area (Å²) in [4.78, 5) is 18.0. The largest absolute Gasteiger partial charge is 0.334 e. The summed E-state index contributed by atoms with van der Waals surface area (Å²) >= 11 is 2.16. The Morgan fingerprint density at radius 3 is 2.78 bits per heavy atom. The van der Waals surface area contributed by atoms with Gasteiger partial charge >= 0.3 is 0 Å². The molecule has 0 radical (unpaired) electrons. The second-order valence-corrected chi connectivity index (χ2v) is 5.10. The molecule has 1 heterocycles. The maximum Gasteiger partial charge on any atom is 0.255 e. The van der Waals surface area contributed by atoms with Crippen LogP contribution in [0.15, 0.2) is 30.6 Å². The number of hydrogen-bond acceptors (Lipinski definition) is 3. The Hall–Kier alpha value is -1.44. The van der Waals surface area contributed by atoms with Crippen molar-refractivity contribution in [2.75, 3.05) is 7.05 Å². The Kier molecular flexibility index (Phi) is 3.95. The summed E-state index contributed by atoms with van der Waals surface area (Å²) in [5, 5.41) is 3.99. The van der Waals surface area contributed by atoms with Crippen LogP contribution in [0.25, 0.3) is 0 Å². The molecular formula is C12H13IN4O. The van der Waals surface area contributed by atoms with Crippen molar-refractivity contribution in [1.82, 2.24) is 19.7 Å². The molecule has 0 N–H and O–H groups in total. The first kappa shape index (κ1) is 13.0. The molecule has 0 fully saturated rings. The lowest BCUT2D eigenvalue weighted by Crippen LogP contribution is -2.28. The predicted octanol–water partition coefficient (Wildman–Crippen LogP) is 1.69. The number of carbonyl (C=O) groups excluding carboxylic acids is 1. The average Bonchev–Trinajstić information content (AvgIpc) is 2.75. The van der Waals surface area contributed by atoms with E-state index in [0.29, 0.717) is 12.1 Å². The molecule has 6 heteroatoms. The number of halogens is 1. The zero-order valence-corrected chi connectivity index (χ0v) is 12.3. The van der Waals surface area contributed by atoms with E-state index in [1.165, 1.54) is 6.33 Å². The average molecular weight is 356 g/mol. The standard InChI is InChI=1S/C12H13IN4O/c1-16(7-11-14-8-15-17(11)2)12(18)9-5-3-4-6-10(9)13/h3-6,8H,7H2,1-2H3. The van der Waals surface area contributed by atoms with E-state index < -0.39 is 0 Å². The van der Waals surface area contributed by atoms with Crippen molar-refractivity contribution in [3.05, 3.63) is 45.6 Å². The molecule has 2 rings (SSSR count). The molecule has 0 unspecified atom stereocenters. The van der Waals surface area contributed by atoms with E-state index in [-0.39, 0.29) is 5.91 Å². The molecule has 1 amide bonds. The predicted molar refractivity (Wildman–Crippen MR) is 76.0 cm³/mol. The van der Waals surface area contributed by atoms with Gasteiger partial charge in [-0.1, -0.05) is 12.1 Å². The summed E-state index contributed by atoms with van der Waals surface area (Å²) in [5.74, 6) is 0.750. The summed E-state index contributed by atoms with van der Waals surface area (Å²) < 4.78 is 2.62. The van der Waals surface area contributed by atoms with E-state index in [1.807, 2.05) is 31.3 Å². The van der Waals surface area contributed by atoms with Gasteiger partial charge in [-0.2, -0.15) is 5.10 Å². The van der Waals surface area contributed by atoms with Crippen LogP contribution in [0.2, 0.25) is 0 Å². The first-order valence-electron chi connectivity index (χ1n) is 5.42. The number of aryl methyl sites for hydroxylation is 1. The lowest BCUT2D eigenvalue weighted by atomic mass is 10.2. The minimum Gasteiger partial charge on any atom is -0.334 e. The molecule has 1 aromatic carbocycles. The van der Waals surface area contributed by atoms with Crippen molar-refractivity contribution in [2.45, 2.75) is 6.54 Å². The maximum absolute atomic E-state index is 12.3. The van der Waals surface area contributed by atoms with Crippen molar-refractivity contribution >= 4 is 28.5 Å². The smallest absolute Gasteiger partial charge is 0.255 e. The van der Waals surface area contributed by atoms with Gasteiger partial charge in [0.2, 0.25) is 0 Å². The summed E-state index contributed by atoms with van der Waals surface area (Å²) in [6.45, 7) is 0.445. The van der Waals surface area contributed by atoms with Crippen LogP contribution in [0.3, 0.4) is 0 Å². The van der Waals surface area contributed by atoms with Gasteiger partial charge in [-0.3, -0.25) is 9.48 Å². The van der Waals surface area contributed by atoms with Crippen LogP contribution in [-0.4, -0.2) is 32.6 Å². The number of benzene rings is 1. The zero-order valence-electron chi connectivity index (χ0n) is 10.2. The van der Waals surface area contributed by atoms with Crippen molar-refractivity contribution in [3.8, 4) is 0 Å². The van der Waals surface area contributed by atoms with Crippen molar-refractivity contribution in [3.63, 3.8) is 0 Å². The van der Waals surface area contributed by atoms with Crippen molar-refractivity contribution < 1.29 is 4.79 Å². The highest BCUT2D eigenvalue weighted by Gasteiger charge is 2.16. The number of amides is 1. The van der Waals surface area contributed by atoms with Crippen molar-refractivity contribution in [2.24, 2.45) is 7.05 Å². The number of nitrogens with zero attached hydrogens (tertiary/aromatic N) is 4. The zero-order chi connectivity index (χ0) is 13.1. The molecule has 2 aromatic rings. The van der Waals surface area contributed by atoms with Gasteiger partial charge in [0.15, 0.2) is 0 Å². The van der Waals surface area contributed by atoms with E-state index in [1.54, 1.807) is 16.6 Å². The van der Waals surface area contributed by atoms with E-state index >= 15 is 0 Å². The first-order chi connectivity index (χ1) is 8.59. The highest BCUT2D eigenvalue weighted by atomic mass is 127. The third kappa shape index (κ3) is 2.69. The minimum absolute atomic E-state index is 0.0111. The monoisotopic (exact) mass is 356 g/mol. The number of carbonyl (C=O) groups is 1. The first-order valence-corrected chi connectivity index (χ1v) is 6.50. The molecule has 0 spiro atoms. The van der Waals surface area contributed by atoms with E-state index in [2.05, 4.69) is 32.7 Å². The quantitative estimate of drug-likeness (QED) is 0.787. The van der Waals surface area contributed by atoms with E-state index in [0.717, 1.165) is 9.39 Å². The van der Waals surface area contributed by atoms with Crippen LogP contribution in [0.4, 0.5) is 0 Å². The van der Waals surface area contributed by atoms with Gasteiger partial charge in [0.25, 0.3) is 5.91 Å². The van der Waals surface area contributed by atoms with Crippen molar-refractivity contribution in [1.29, 1.82) is 0 Å². The number of rotatable bonds is 3. The molecule has 94 valence electrons. The highest BCUT2D eigenvalue weighted by molar-refractivity contribution is 14.1. The van der Waals surface area contributed by atoms with Crippen LogP contribution >= 0.6 is 22.6 Å². The molecule has 0 aliphatic heterocycles. The van der Waals surface area contributed by atoms with Gasteiger partial charge in [-0.25, -0.2) is 4.98 Å². The topological polar surface area (TPSA) is 51.0 Å². The fourth-order valence-corrected chi connectivity index (χ4v) is 2.21. The van der Waals surface area contributed by atoms with Gasteiger partial charge in [0, 0.05) is 17.7 Å². The lowest BCUT2D eigenvalue weighted by Gasteiger charge is -2.17. The van der Waals surface area contributed by atoms with Gasteiger partial charge in [0.1, 0.15) is 12.2 Å². The van der Waals surface area contributed by atoms with Crippen LogP contribution < -0.4 is 0 Å². The molecule has 18 heavy (non-hydrogen) atoms. The lowest BCUT2D eigenvalue weighted by molar-refractivity contribution is 0.0779.